The van der Waals surface area contributed by atoms with E-state index in [1.54, 1.807) is 19.5 Å². The van der Waals surface area contributed by atoms with Gasteiger partial charge in [-0.1, -0.05) is 0 Å². The lowest BCUT2D eigenvalue weighted by Gasteiger charge is -2.12. The van der Waals surface area contributed by atoms with Gasteiger partial charge in [-0.05, 0) is 28.9 Å². The molecule has 1 aromatic rings. The van der Waals surface area contributed by atoms with E-state index in [2.05, 4.69) is 26.2 Å². The third-order valence-electron chi connectivity index (χ3n) is 1.75. The van der Waals surface area contributed by atoms with Gasteiger partial charge in [0.05, 0.1) is 16.3 Å². The van der Waals surface area contributed by atoms with Gasteiger partial charge in [0.1, 0.15) is 0 Å². The Bertz CT molecular complexity index is 268. The Morgan fingerprint density at radius 3 is 3.08 bits per heavy atom. The van der Waals surface area contributed by atoms with Gasteiger partial charge in [0, 0.05) is 26.0 Å². The molecule has 0 aliphatic carbocycles. The molecule has 1 heterocycles. The molecule has 0 aliphatic rings. The summed E-state index contributed by atoms with van der Waals surface area (Å²) in [6.07, 6.45) is 3.73. The van der Waals surface area contributed by atoms with E-state index in [1.807, 2.05) is 13.0 Å². The summed E-state index contributed by atoms with van der Waals surface area (Å²) in [5, 5.41) is 3.25. The predicted octanol–water partition coefficient (Wildman–Crippen LogP) is 2.29. The fraction of sp³-hybridized carbons (Fsp3) is 0.444. The lowest BCUT2D eigenvalue weighted by atomic mass is 10.3. The molecule has 1 unspecified atom stereocenters. The summed E-state index contributed by atoms with van der Waals surface area (Å²) in [6, 6.07) is 1.92. The average molecular weight is 245 g/mol. The monoisotopic (exact) mass is 244 g/mol. The summed E-state index contributed by atoms with van der Waals surface area (Å²) in [5.41, 5.74) is 1.04. The third-order valence-corrected chi connectivity index (χ3v) is 2.39. The molecule has 0 aliphatic heterocycles. The van der Waals surface area contributed by atoms with Gasteiger partial charge in [0.2, 0.25) is 0 Å². The van der Waals surface area contributed by atoms with Crippen LogP contribution in [0, 0.1) is 0 Å². The Kier molecular flexibility index (Phi) is 4.18. The third kappa shape index (κ3) is 3.32. The Balaban J connectivity index is 2.50. The fourth-order valence-electron chi connectivity index (χ4n) is 0.856. The van der Waals surface area contributed by atoms with Crippen molar-refractivity contribution in [2.45, 2.75) is 13.0 Å². The van der Waals surface area contributed by atoms with Crippen LogP contribution in [0.5, 0.6) is 0 Å². The summed E-state index contributed by atoms with van der Waals surface area (Å²) >= 11 is 3.40. The van der Waals surface area contributed by atoms with E-state index in [1.165, 1.54) is 0 Å². The highest BCUT2D eigenvalue weighted by molar-refractivity contribution is 9.10. The normalized spacial score (nSPS) is 12.5. The van der Waals surface area contributed by atoms with Crippen LogP contribution in [0.15, 0.2) is 22.9 Å². The number of hydrogen-bond donors (Lipinski definition) is 1. The van der Waals surface area contributed by atoms with Crippen molar-refractivity contribution in [1.82, 2.24) is 4.98 Å². The number of anilines is 1. The number of pyridine rings is 1. The summed E-state index contributed by atoms with van der Waals surface area (Å²) < 4.78 is 6.09. The van der Waals surface area contributed by atoms with Crippen LogP contribution < -0.4 is 5.32 Å². The molecule has 1 atom stereocenters. The minimum atomic E-state index is 0.208. The molecule has 4 heteroatoms. The van der Waals surface area contributed by atoms with Crippen molar-refractivity contribution in [2.75, 3.05) is 19.0 Å². The Labute approximate surface area is 86.6 Å². The zero-order valence-corrected chi connectivity index (χ0v) is 9.34. The molecule has 0 saturated carbocycles. The van der Waals surface area contributed by atoms with Crippen molar-refractivity contribution in [3.05, 3.63) is 22.9 Å². The molecule has 72 valence electrons. The lowest BCUT2D eigenvalue weighted by Crippen LogP contribution is -2.18. The maximum Gasteiger partial charge on any atom is 0.0715 e. The minimum absolute atomic E-state index is 0.208. The zero-order valence-electron chi connectivity index (χ0n) is 7.75. The number of ether oxygens (including phenoxy) is 1. The Morgan fingerprint density at radius 2 is 2.46 bits per heavy atom. The highest BCUT2D eigenvalue weighted by atomic mass is 79.9. The summed E-state index contributed by atoms with van der Waals surface area (Å²) in [6.45, 7) is 2.81. The molecule has 1 rings (SSSR count). The second-order valence-corrected chi connectivity index (χ2v) is 3.64. The maximum absolute atomic E-state index is 5.12. The van der Waals surface area contributed by atoms with Crippen LogP contribution >= 0.6 is 15.9 Å². The Morgan fingerprint density at radius 1 is 1.69 bits per heavy atom. The van der Waals surface area contributed by atoms with Crippen LogP contribution in [0.1, 0.15) is 6.92 Å². The first-order valence-corrected chi connectivity index (χ1v) is 4.89. The molecule has 0 radical (unpaired) electrons. The van der Waals surface area contributed by atoms with Crippen molar-refractivity contribution in [1.29, 1.82) is 0 Å². The van der Waals surface area contributed by atoms with Crippen molar-refractivity contribution in [2.24, 2.45) is 0 Å². The average Bonchev–Trinajstić information content (AvgIpc) is 2.16. The van der Waals surface area contributed by atoms with Crippen molar-refractivity contribution in [3.63, 3.8) is 0 Å². The number of methoxy groups -OCH3 is 1. The largest absolute Gasteiger partial charge is 0.381 e. The number of nitrogens with one attached hydrogen (secondary N) is 1. The highest BCUT2D eigenvalue weighted by Crippen LogP contribution is 2.19. The van der Waals surface area contributed by atoms with Crippen molar-refractivity contribution in [3.8, 4) is 0 Å². The number of rotatable bonds is 4. The van der Waals surface area contributed by atoms with Gasteiger partial charge in [-0.25, -0.2) is 0 Å². The molecule has 0 bridgehead atoms. The molecule has 0 saturated heterocycles. The van der Waals surface area contributed by atoms with Crippen LogP contribution in [0.2, 0.25) is 0 Å². The number of hydrogen-bond acceptors (Lipinski definition) is 3. The van der Waals surface area contributed by atoms with Crippen LogP contribution in [0.4, 0.5) is 5.69 Å². The molecule has 0 spiro atoms. The van der Waals surface area contributed by atoms with Crippen LogP contribution in [0.3, 0.4) is 0 Å². The second kappa shape index (κ2) is 5.19. The summed E-state index contributed by atoms with van der Waals surface area (Å²) in [5.74, 6) is 0. The number of nitrogens with zero attached hydrogens (tertiary/aromatic N) is 1. The van der Waals surface area contributed by atoms with Gasteiger partial charge in [0.15, 0.2) is 0 Å². The second-order valence-electron chi connectivity index (χ2n) is 2.78. The van der Waals surface area contributed by atoms with Crippen molar-refractivity contribution < 1.29 is 4.74 Å². The predicted molar refractivity (Wildman–Crippen MR) is 56.9 cm³/mol. The van der Waals surface area contributed by atoms with E-state index >= 15 is 0 Å². The lowest BCUT2D eigenvalue weighted by molar-refractivity contribution is 0.129. The first kappa shape index (κ1) is 10.5. The minimum Gasteiger partial charge on any atom is -0.381 e. The van der Waals surface area contributed by atoms with Gasteiger partial charge >= 0.3 is 0 Å². The number of halogens is 1. The smallest absolute Gasteiger partial charge is 0.0715 e. The Hall–Kier alpha value is -0.610. The molecule has 1 N–H and O–H groups in total. The quantitative estimate of drug-likeness (QED) is 0.883. The van der Waals surface area contributed by atoms with Gasteiger partial charge in [-0.3, -0.25) is 4.98 Å². The van der Waals surface area contributed by atoms with Gasteiger partial charge < -0.3 is 10.1 Å². The molecule has 0 amide bonds. The van der Waals surface area contributed by atoms with E-state index in [4.69, 9.17) is 4.74 Å². The zero-order chi connectivity index (χ0) is 9.68. The fourth-order valence-corrected chi connectivity index (χ4v) is 1.25. The first-order valence-electron chi connectivity index (χ1n) is 4.10. The summed E-state index contributed by atoms with van der Waals surface area (Å²) in [4.78, 5) is 3.97. The molecule has 3 nitrogen and oxygen atoms in total. The van der Waals surface area contributed by atoms with E-state index in [-0.39, 0.29) is 6.10 Å². The van der Waals surface area contributed by atoms with Gasteiger partial charge in [-0.15, -0.1) is 0 Å². The first-order chi connectivity index (χ1) is 6.24. The van der Waals surface area contributed by atoms with Crippen LogP contribution in [0.25, 0.3) is 0 Å². The standard InChI is InChI=1S/C9H13BrN2O/c1-7(13-2)5-12-9-3-4-11-6-8(9)10/h3-4,6-7H,5H2,1-2H3,(H,11,12). The molecular formula is C9H13BrN2O. The highest BCUT2D eigenvalue weighted by Gasteiger charge is 2.01. The van der Waals surface area contributed by atoms with E-state index in [0.717, 1.165) is 16.7 Å². The molecule has 1 aromatic heterocycles. The topological polar surface area (TPSA) is 34.1 Å². The van der Waals surface area contributed by atoms with E-state index in [9.17, 15) is 0 Å². The SMILES string of the molecule is COC(C)CNc1ccncc1Br. The van der Waals surface area contributed by atoms with Gasteiger partial charge in [-0.2, -0.15) is 0 Å². The molecular weight excluding hydrogens is 232 g/mol. The maximum atomic E-state index is 5.12. The molecule has 13 heavy (non-hydrogen) atoms. The molecule has 0 aromatic carbocycles. The summed E-state index contributed by atoms with van der Waals surface area (Å²) in [7, 11) is 1.70. The van der Waals surface area contributed by atoms with Crippen LogP contribution in [-0.4, -0.2) is 24.7 Å². The van der Waals surface area contributed by atoms with Crippen LogP contribution in [-0.2, 0) is 4.74 Å². The molecule has 0 fully saturated rings. The van der Waals surface area contributed by atoms with E-state index in [0.29, 0.717) is 0 Å². The number of aromatic nitrogens is 1. The van der Waals surface area contributed by atoms with E-state index < -0.39 is 0 Å². The van der Waals surface area contributed by atoms with Gasteiger partial charge in [0.25, 0.3) is 0 Å². The van der Waals surface area contributed by atoms with Crippen molar-refractivity contribution >= 4 is 21.6 Å².